The fraction of sp³-hybridized carbons (Fsp3) is 0.304. The molecule has 0 unspecified atom stereocenters. The van der Waals surface area contributed by atoms with Crippen molar-refractivity contribution in [3.8, 4) is 11.3 Å². The van der Waals surface area contributed by atoms with Gasteiger partial charge in [0, 0.05) is 47.8 Å². The van der Waals surface area contributed by atoms with E-state index in [0.717, 1.165) is 42.5 Å². The molecule has 5 nitrogen and oxygen atoms in total. The molecule has 0 aliphatic carbocycles. The van der Waals surface area contributed by atoms with Gasteiger partial charge in [0.15, 0.2) is 5.13 Å². The number of nitrogens with one attached hydrogen (secondary N) is 1. The van der Waals surface area contributed by atoms with E-state index < -0.39 is 0 Å². The van der Waals surface area contributed by atoms with Crippen molar-refractivity contribution in [2.75, 3.05) is 42.9 Å². The van der Waals surface area contributed by atoms with Crippen LogP contribution in [0.2, 0.25) is 5.02 Å². The van der Waals surface area contributed by atoms with Crippen molar-refractivity contribution in [3.05, 3.63) is 64.0 Å². The fourth-order valence-corrected chi connectivity index (χ4v) is 4.40. The van der Waals surface area contributed by atoms with E-state index in [1.54, 1.807) is 0 Å². The van der Waals surface area contributed by atoms with Gasteiger partial charge in [0.25, 0.3) is 0 Å². The number of benzene rings is 2. The number of hydrogen-bond donors (Lipinski definition) is 1. The number of carbonyl (C=O) groups excluding carboxylic acids is 1. The van der Waals surface area contributed by atoms with Gasteiger partial charge in [0.05, 0.1) is 12.2 Å². The van der Waals surface area contributed by atoms with Gasteiger partial charge >= 0.3 is 0 Å². The molecule has 1 fully saturated rings. The number of nitrogens with zero attached hydrogens (tertiary/aromatic N) is 3. The molecular formula is C23H25ClN4OS. The Morgan fingerprint density at radius 3 is 2.50 bits per heavy atom. The predicted octanol–water partition coefficient (Wildman–Crippen LogP) is 4.84. The van der Waals surface area contributed by atoms with E-state index in [4.69, 9.17) is 11.6 Å². The van der Waals surface area contributed by atoms with E-state index in [9.17, 15) is 4.79 Å². The van der Waals surface area contributed by atoms with E-state index in [2.05, 4.69) is 52.1 Å². The molecule has 1 N–H and O–H groups in total. The largest absolute Gasteiger partial charge is 0.369 e. The van der Waals surface area contributed by atoms with Crippen molar-refractivity contribution in [3.63, 3.8) is 0 Å². The number of carbonyl (C=O) groups is 1. The Hall–Kier alpha value is -2.41. The maximum absolute atomic E-state index is 12.5. The number of halogens is 1. The molecule has 0 atom stereocenters. The van der Waals surface area contributed by atoms with Crippen LogP contribution in [0.1, 0.15) is 11.1 Å². The second kappa shape index (κ2) is 9.16. The zero-order valence-corrected chi connectivity index (χ0v) is 18.8. The molecule has 1 amide bonds. The van der Waals surface area contributed by atoms with Crippen LogP contribution < -0.4 is 10.2 Å². The van der Waals surface area contributed by atoms with E-state index in [1.165, 1.54) is 28.2 Å². The Kier molecular flexibility index (Phi) is 6.37. The second-order valence-corrected chi connectivity index (χ2v) is 8.92. The molecular weight excluding hydrogens is 416 g/mol. The van der Waals surface area contributed by atoms with Gasteiger partial charge < -0.3 is 10.2 Å². The van der Waals surface area contributed by atoms with Crippen molar-refractivity contribution in [1.82, 2.24) is 9.88 Å². The molecule has 2 aromatic carbocycles. The highest BCUT2D eigenvalue weighted by molar-refractivity contribution is 7.14. The van der Waals surface area contributed by atoms with Crippen molar-refractivity contribution in [2.24, 2.45) is 0 Å². The minimum atomic E-state index is -0.0177. The number of aryl methyl sites for hydroxylation is 2. The summed E-state index contributed by atoms with van der Waals surface area (Å²) in [5.41, 5.74) is 5.65. The van der Waals surface area contributed by atoms with Crippen LogP contribution in [0.3, 0.4) is 0 Å². The normalized spacial score (nSPS) is 14.7. The molecule has 2 heterocycles. The molecule has 156 valence electrons. The number of amides is 1. The van der Waals surface area contributed by atoms with E-state index in [-0.39, 0.29) is 5.91 Å². The number of aromatic nitrogens is 1. The van der Waals surface area contributed by atoms with Crippen LogP contribution in [0.5, 0.6) is 0 Å². The van der Waals surface area contributed by atoms with Gasteiger partial charge in [0.1, 0.15) is 0 Å². The molecule has 0 saturated carbocycles. The fourth-order valence-electron chi connectivity index (χ4n) is 3.54. The van der Waals surface area contributed by atoms with Crippen LogP contribution in [0.4, 0.5) is 10.8 Å². The number of anilines is 2. The molecule has 1 aromatic heterocycles. The molecule has 3 aromatic rings. The highest BCUT2D eigenvalue weighted by Gasteiger charge is 2.20. The zero-order chi connectivity index (χ0) is 21.1. The molecule has 0 radical (unpaired) electrons. The quantitative estimate of drug-likeness (QED) is 0.616. The Balaban J connectivity index is 1.29. The monoisotopic (exact) mass is 440 g/mol. The van der Waals surface area contributed by atoms with Gasteiger partial charge in [-0.1, -0.05) is 23.7 Å². The first-order chi connectivity index (χ1) is 14.5. The third-order valence-corrected chi connectivity index (χ3v) is 6.49. The number of rotatable bonds is 5. The first kappa shape index (κ1) is 20.8. The number of piperazine rings is 1. The highest BCUT2D eigenvalue weighted by atomic mass is 35.5. The summed E-state index contributed by atoms with van der Waals surface area (Å²) in [5.74, 6) is -0.0177. The summed E-state index contributed by atoms with van der Waals surface area (Å²) in [5, 5.41) is 6.34. The van der Waals surface area contributed by atoms with Gasteiger partial charge in [-0.2, -0.15) is 0 Å². The van der Waals surface area contributed by atoms with E-state index in [0.29, 0.717) is 11.7 Å². The third-order valence-electron chi connectivity index (χ3n) is 5.48. The van der Waals surface area contributed by atoms with E-state index in [1.807, 2.05) is 29.6 Å². The lowest BCUT2D eigenvalue weighted by Gasteiger charge is -2.35. The summed E-state index contributed by atoms with van der Waals surface area (Å²) < 4.78 is 0. The maximum atomic E-state index is 12.5. The molecule has 1 saturated heterocycles. The number of hydrogen-bond acceptors (Lipinski definition) is 5. The van der Waals surface area contributed by atoms with Crippen LogP contribution in [0.15, 0.2) is 47.8 Å². The minimum Gasteiger partial charge on any atom is -0.369 e. The summed E-state index contributed by atoms with van der Waals surface area (Å²) in [4.78, 5) is 21.6. The lowest BCUT2D eigenvalue weighted by Crippen LogP contribution is -2.48. The summed E-state index contributed by atoms with van der Waals surface area (Å²) in [6.07, 6.45) is 0. The van der Waals surface area contributed by atoms with Crippen molar-refractivity contribution >= 4 is 39.7 Å². The lowest BCUT2D eigenvalue weighted by atomic mass is 10.1. The van der Waals surface area contributed by atoms with Crippen molar-refractivity contribution < 1.29 is 4.79 Å². The second-order valence-electron chi connectivity index (χ2n) is 7.62. The first-order valence-electron chi connectivity index (χ1n) is 10.0. The Bertz CT molecular complexity index is 1030. The van der Waals surface area contributed by atoms with Gasteiger partial charge in [-0.3, -0.25) is 9.69 Å². The van der Waals surface area contributed by atoms with Crippen LogP contribution in [-0.2, 0) is 4.79 Å². The zero-order valence-electron chi connectivity index (χ0n) is 17.2. The van der Waals surface area contributed by atoms with Crippen LogP contribution in [0, 0.1) is 13.8 Å². The number of thiazole rings is 1. The average molecular weight is 441 g/mol. The third kappa shape index (κ3) is 5.01. The Morgan fingerprint density at radius 1 is 1.07 bits per heavy atom. The molecule has 4 rings (SSSR count). The average Bonchev–Trinajstić information content (AvgIpc) is 3.19. The molecule has 0 bridgehead atoms. The molecule has 1 aliphatic rings. The van der Waals surface area contributed by atoms with Crippen molar-refractivity contribution in [1.29, 1.82) is 0 Å². The van der Waals surface area contributed by atoms with Crippen molar-refractivity contribution in [2.45, 2.75) is 13.8 Å². The topological polar surface area (TPSA) is 48.5 Å². The highest BCUT2D eigenvalue weighted by Crippen LogP contribution is 2.26. The SMILES string of the molecule is Cc1ccc(-c2csc(NC(=O)CN3CCN(c4ccc(Cl)cc4)CC3)n2)cc1C. The standard InChI is InChI=1S/C23H25ClN4OS/c1-16-3-4-18(13-17(16)2)21-15-30-23(25-21)26-22(29)14-27-9-11-28(12-10-27)20-7-5-19(24)6-8-20/h3-8,13,15H,9-12,14H2,1-2H3,(H,25,26,29). The lowest BCUT2D eigenvalue weighted by molar-refractivity contribution is -0.117. The smallest absolute Gasteiger partial charge is 0.240 e. The Morgan fingerprint density at radius 2 is 1.80 bits per heavy atom. The van der Waals surface area contributed by atoms with Crippen LogP contribution in [-0.4, -0.2) is 48.5 Å². The predicted molar refractivity (Wildman–Crippen MR) is 126 cm³/mol. The summed E-state index contributed by atoms with van der Waals surface area (Å²) in [6, 6.07) is 14.2. The van der Waals surface area contributed by atoms with E-state index >= 15 is 0 Å². The van der Waals surface area contributed by atoms with Gasteiger partial charge in [-0.05, 0) is 55.3 Å². The van der Waals surface area contributed by atoms with Crippen LogP contribution in [0.25, 0.3) is 11.3 Å². The molecule has 0 spiro atoms. The first-order valence-corrected chi connectivity index (χ1v) is 11.3. The summed E-state index contributed by atoms with van der Waals surface area (Å²) >= 11 is 7.43. The molecule has 7 heteroatoms. The maximum Gasteiger partial charge on any atom is 0.240 e. The van der Waals surface area contributed by atoms with Gasteiger partial charge in [-0.25, -0.2) is 4.98 Å². The van der Waals surface area contributed by atoms with Crippen LogP contribution >= 0.6 is 22.9 Å². The summed E-state index contributed by atoms with van der Waals surface area (Å²) in [7, 11) is 0. The minimum absolute atomic E-state index is 0.0177. The summed E-state index contributed by atoms with van der Waals surface area (Å²) in [6.45, 7) is 8.06. The van der Waals surface area contributed by atoms with Gasteiger partial charge in [0.2, 0.25) is 5.91 Å². The Labute approximate surface area is 186 Å². The van der Waals surface area contributed by atoms with Gasteiger partial charge in [-0.15, -0.1) is 11.3 Å². The molecule has 30 heavy (non-hydrogen) atoms. The molecule has 1 aliphatic heterocycles.